The van der Waals surface area contributed by atoms with Gasteiger partial charge in [0.1, 0.15) is 0 Å². The van der Waals surface area contributed by atoms with E-state index < -0.39 is 0 Å². The number of aromatic nitrogens is 2. The van der Waals surface area contributed by atoms with Gasteiger partial charge >= 0.3 is 5.69 Å². The molecule has 0 unspecified atom stereocenters. The van der Waals surface area contributed by atoms with E-state index in [2.05, 4.69) is 4.98 Å². The number of hydrogen-bond acceptors (Lipinski definition) is 3. The van der Waals surface area contributed by atoms with Crippen LogP contribution < -0.4 is 11.4 Å². The average Bonchev–Trinajstić information content (AvgIpc) is 2.27. The minimum atomic E-state index is -0.318. The van der Waals surface area contributed by atoms with Crippen LogP contribution in [0.2, 0.25) is 5.02 Å². The molecule has 4 nitrogen and oxygen atoms in total. The van der Waals surface area contributed by atoms with Gasteiger partial charge < -0.3 is 5.73 Å². The summed E-state index contributed by atoms with van der Waals surface area (Å²) in [6.45, 7) is 0.437. The van der Waals surface area contributed by atoms with Crippen LogP contribution in [0.1, 0.15) is 5.56 Å². The lowest BCUT2D eigenvalue weighted by molar-refractivity contribution is 0.727. The molecule has 1 heterocycles. The zero-order chi connectivity index (χ0) is 11.5. The molecule has 0 spiro atoms. The molecule has 2 rings (SSSR count). The molecular weight excluding hydrogens is 226 g/mol. The Hall–Kier alpha value is -1.81. The molecule has 0 saturated heterocycles. The summed E-state index contributed by atoms with van der Waals surface area (Å²) in [7, 11) is 0. The first kappa shape index (κ1) is 10.7. The maximum Gasteiger partial charge on any atom is 0.347 e. The summed E-state index contributed by atoms with van der Waals surface area (Å²) in [6.07, 6.45) is 2.90. The lowest BCUT2D eigenvalue weighted by atomic mass is 10.2. The van der Waals surface area contributed by atoms with Gasteiger partial charge in [-0.1, -0.05) is 23.7 Å². The molecule has 0 aliphatic carbocycles. The summed E-state index contributed by atoms with van der Waals surface area (Å²) in [5, 5.41) is 0.440. The highest BCUT2D eigenvalue weighted by Gasteiger charge is 1.99. The Morgan fingerprint density at radius 1 is 1.31 bits per heavy atom. The number of hydrogen-bond donors (Lipinski definition) is 1. The van der Waals surface area contributed by atoms with Crippen molar-refractivity contribution >= 4 is 17.3 Å². The van der Waals surface area contributed by atoms with Gasteiger partial charge in [0.05, 0.1) is 17.8 Å². The molecule has 2 N–H and O–H groups in total. The van der Waals surface area contributed by atoms with E-state index in [0.717, 1.165) is 5.56 Å². The maximum atomic E-state index is 11.4. The normalized spacial score (nSPS) is 10.3. The van der Waals surface area contributed by atoms with E-state index in [1.54, 1.807) is 18.3 Å². The lowest BCUT2D eigenvalue weighted by Crippen LogP contribution is -2.22. The topological polar surface area (TPSA) is 60.9 Å². The summed E-state index contributed by atoms with van der Waals surface area (Å²) in [5.74, 6) is 0. The highest BCUT2D eigenvalue weighted by molar-refractivity contribution is 6.30. The van der Waals surface area contributed by atoms with Crippen molar-refractivity contribution in [2.75, 3.05) is 5.73 Å². The molecule has 0 bridgehead atoms. The molecule has 82 valence electrons. The minimum Gasteiger partial charge on any atom is -0.399 e. The first-order valence-electron chi connectivity index (χ1n) is 4.71. The van der Waals surface area contributed by atoms with E-state index in [-0.39, 0.29) is 5.69 Å². The third kappa shape index (κ3) is 2.41. The van der Waals surface area contributed by atoms with Crippen molar-refractivity contribution in [3.8, 4) is 0 Å². The van der Waals surface area contributed by atoms with E-state index in [1.165, 1.54) is 10.8 Å². The van der Waals surface area contributed by atoms with E-state index in [0.29, 0.717) is 17.3 Å². The highest BCUT2D eigenvalue weighted by atomic mass is 35.5. The van der Waals surface area contributed by atoms with Gasteiger partial charge in [-0.3, -0.25) is 4.57 Å². The van der Waals surface area contributed by atoms with Gasteiger partial charge in [-0.2, -0.15) is 0 Å². The van der Waals surface area contributed by atoms with Crippen molar-refractivity contribution in [1.29, 1.82) is 0 Å². The van der Waals surface area contributed by atoms with Crippen LogP contribution >= 0.6 is 11.6 Å². The van der Waals surface area contributed by atoms with Crippen molar-refractivity contribution in [2.24, 2.45) is 0 Å². The fourth-order valence-electron chi connectivity index (χ4n) is 1.36. The zero-order valence-electron chi connectivity index (χ0n) is 8.43. The molecule has 0 fully saturated rings. The average molecular weight is 236 g/mol. The van der Waals surface area contributed by atoms with E-state index in [1.807, 2.05) is 12.1 Å². The molecule has 0 amide bonds. The third-order valence-corrected chi connectivity index (χ3v) is 2.35. The zero-order valence-corrected chi connectivity index (χ0v) is 9.19. The van der Waals surface area contributed by atoms with Crippen LogP contribution in [-0.2, 0) is 6.54 Å². The van der Waals surface area contributed by atoms with Crippen LogP contribution in [0, 0.1) is 0 Å². The number of rotatable bonds is 2. The van der Waals surface area contributed by atoms with Crippen LogP contribution in [0.4, 0.5) is 5.69 Å². The molecule has 2 aromatic rings. The predicted octanol–water partition coefficient (Wildman–Crippen LogP) is 1.53. The SMILES string of the molecule is Nc1ccc(Cn2cc(Cl)cnc2=O)cc1. The Kier molecular flexibility index (Phi) is 2.92. The van der Waals surface area contributed by atoms with Gasteiger partial charge in [0.15, 0.2) is 0 Å². The standard InChI is InChI=1S/C11H10ClN3O/c12-9-5-14-11(16)15(7-9)6-8-1-3-10(13)4-2-8/h1-5,7H,6,13H2. The molecule has 1 aromatic carbocycles. The van der Waals surface area contributed by atoms with Gasteiger partial charge in [0.25, 0.3) is 0 Å². The lowest BCUT2D eigenvalue weighted by Gasteiger charge is -2.05. The number of nitrogens with two attached hydrogens (primary N) is 1. The Balaban J connectivity index is 2.30. The second-order valence-corrected chi connectivity index (χ2v) is 3.86. The Bertz CT molecular complexity index is 548. The largest absolute Gasteiger partial charge is 0.399 e. The molecular formula is C11H10ClN3O. The van der Waals surface area contributed by atoms with Crippen LogP contribution in [0.3, 0.4) is 0 Å². The molecule has 0 atom stereocenters. The van der Waals surface area contributed by atoms with Crippen molar-refractivity contribution in [1.82, 2.24) is 9.55 Å². The number of nitrogen functional groups attached to an aromatic ring is 1. The third-order valence-electron chi connectivity index (χ3n) is 2.16. The highest BCUT2D eigenvalue weighted by Crippen LogP contribution is 2.08. The van der Waals surface area contributed by atoms with Gasteiger partial charge in [-0.25, -0.2) is 9.78 Å². The molecule has 0 aliphatic heterocycles. The number of nitrogens with zero attached hydrogens (tertiary/aromatic N) is 2. The minimum absolute atomic E-state index is 0.318. The molecule has 0 aliphatic rings. The van der Waals surface area contributed by atoms with Gasteiger partial charge in [-0.05, 0) is 17.7 Å². The van der Waals surface area contributed by atoms with E-state index >= 15 is 0 Å². The van der Waals surface area contributed by atoms with Gasteiger partial charge in [0.2, 0.25) is 0 Å². The van der Waals surface area contributed by atoms with Crippen molar-refractivity contribution in [2.45, 2.75) is 6.54 Å². The molecule has 0 saturated carbocycles. The number of benzene rings is 1. The number of anilines is 1. The van der Waals surface area contributed by atoms with Gasteiger partial charge in [0, 0.05) is 11.9 Å². The molecule has 5 heteroatoms. The summed E-state index contributed by atoms with van der Waals surface area (Å²) in [5.41, 5.74) is 6.92. The molecule has 16 heavy (non-hydrogen) atoms. The Morgan fingerprint density at radius 2 is 2.00 bits per heavy atom. The van der Waals surface area contributed by atoms with Crippen LogP contribution in [0.5, 0.6) is 0 Å². The molecule has 0 radical (unpaired) electrons. The van der Waals surface area contributed by atoms with Crippen LogP contribution in [0.25, 0.3) is 0 Å². The fraction of sp³-hybridized carbons (Fsp3) is 0.0909. The number of halogens is 1. The molecule has 1 aromatic heterocycles. The van der Waals surface area contributed by atoms with E-state index in [4.69, 9.17) is 17.3 Å². The fourth-order valence-corrected chi connectivity index (χ4v) is 1.53. The summed E-state index contributed by atoms with van der Waals surface area (Å²) < 4.78 is 1.45. The van der Waals surface area contributed by atoms with Crippen LogP contribution in [0.15, 0.2) is 41.5 Å². The van der Waals surface area contributed by atoms with Crippen LogP contribution in [-0.4, -0.2) is 9.55 Å². The van der Waals surface area contributed by atoms with E-state index in [9.17, 15) is 4.79 Å². The monoisotopic (exact) mass is 235 g/mol. The van der Waals surface area contributed by atoms with Crippen molar-refractivity contribution < 1.29 is 0 Å². The van der Waals surface area contributed by atoms with Crippen molar-refractivity contribution in [3.63, 3.8) is 0 Å². The quantitative estimate of drug-likeness (QED) is 0.803. The second kappa shape index (κ2) is 4.37. The second-order valence-electron chi connectivity index (χ2n) is 3.42. The smallest absolute Gasteiger partial charge is 0.347 e. The predicted molar refractivity (Wildman–Crippen MR) is 63.5 cm³/mol. The van der Waals surface area contributed by atoms with Gasteiger partial charge in [-0.15, -0.1) is 0 Å². The Morgan fingerprint density at radius 3 is 2.69 bits per heavy atom. The summed E-state index contributed by atoms with van der Waals surface area (Å²) in [6, 6.07) is 7.31. The van der Waals surface area contributed by atoms with Crippen molar-refractivity contribution in [3.05, 3.63) is 57.7 Å². The first-order valence-corrected chi connectivity index (χ1v) is 5.09. The summed E-state index contributed by atoms with van der Waals surface area (Å²) >= 11 is 5.77. The summed E-state index contributed by atoms with van der Waals surface area (Å²) in [4.78, 5) is 15.1. The maximum absolute atomic E-state index is 11.4. The Labute approximate surface area is 97.3 Å². The first-order chi connectivity index (χ1) is 7.65.